The lowest BCUT2D eigenvalue weighted by atomic mass is 9.98. The molecule has 0 bridgehead atoms. The minimum atomic E-state index is 0. The van der Waals surface area contributed by atoms with Gasteiger partial charge in [0.05, 0.1) is 0 Å². The van der Waals surface area contributed by atoms with E-state index in [2.05, 4.69) is 24.1 Å². The standard InChI is InChI=1S/C14H28N2O.ClH/c1-4-6-7-13(5-2)14(17)16-9-8-12(11-16)10-15-3;/h12-13,15H,4-11H2,1-3H3;1H. The van der Waals surface area contributed by atoms with Crippen molar-refractivity contribution < 1.29 is 4.79 Å². The third-order valence-electron chi connectivity index (χ3n) is 3.84. The highest BCUT2D eigenvalue weighted by molar-refractivity contribution is 5.85. The molecule has 1 saturated heterocycles. The second-order valence-electron chi connectivity index (χ2n) is 5.24. The molecular weight excluding hydrogens is 248 g/mol. The van der Waals surface area contributed by atoms with E-state index in [1.807, 2.05) is 7.05 Å². The Labute approximate surface area is 118 Å². The zero-order valence-corrected chi connectivity index (χ0v) is 12.9. The van der Waals surface area contributed by atoms with Gasteiger partial charge < -0.3 is 10.2 Å². The third kappa shape index (κ3) is 5.15. The Balaban J connectivity index is 0.00000289. The number of likely N-dealkylation sites (tertiary alicyclic amines) is 1. The van der Waals surface area contributed by atoms with Crippen molar-refractivity contribution in [3.05, 3.63) is 0 Å². The maximum Gasteiger partial charge on any atom is 0.225 e. The van der Waals surface area contributed by atoms with Crippen LogP contribution in [0.2, 0.25) is 0 Å². The number of hydrogen-bond acceptors (Lipinski definition) is 2. The molecule has 0 aromatic rings. The summed E-state index contributed by atoms with van der Waals surface area (Å²) in [4.78, 5) is 14.4. The molecule has 1 rings (SSSR count). The number of halogens is 1. The Bertz CT molecular complexity index is 236. The molecule has 3 nitrogen and oxygen atoms in total. The average Bonchev–Trinajstić information content (AvgIpc) is 2.79. The first kappa shape index (κ1) is 17.7. The van der Waals surface area contributed by atoms with Crippen molar-refractivity contribution in [1.29, 1.82) is 0 Å². The molecule has 4 heteroatoms. The molecule has 1 aliphatic heterocycles. The molecule has 0 aromatic heterocycles. The lowest BCUT2D eigenvalue weighted by Gasteiger charge is -2.22. The fraction of sp³-hybridized carbons (Fsp3) is 0.929. The topological polar surface area (TPSA) is 32.3 Å². The number of amides is 1. The van der Waals surface area contributed by atoms with E-state index < -0.39 is 0 Å². The van der Waals surface area contributed by atoms with Crippen LogP contribution in [0.1, 0.15) is 46.0 Å². The number of carbonyl (C=O) groups excluding carboxylic acids is 1. The molecule has 108 valence electrons. The van der Waals surface area contributed by atoms with Gasteiger partial charge in [0, 0.05) is 19.0 Å². The van der Waals surface area contributed by atoms with Gasteiger partial charge in [-0.25, -0.2) is 0 Å². The molecule has 0 aromatic carbocycles. The summed E-state index contributed by atoms with van der Waals surface area (Å²) < 4.78 is 0. The maximum absolute atomic E-state index is 12.3. The van der Waals surface area contributed by atoms with Crippen LogP contribution in [-0.4, -0.2) is 37.5 Å². The van der Waals surface area contributed by atoms with Gasteiger partial charge >= 0.3 is 0 Å². The first-order valence-corrected chi connectivity index (χ1v) is 7.16. The lowest BCUT2D eigenvalue weighted by molar-refractivity contribution is -0.135. The first-order valence-electron chi connectivity index (χ1n) is 7.16. The van der Waals surface area contributed by atoms with Crippen LogP contribution in [0.5, 0.6) is 0 Å². The van der Waals surface area contributed by atoms with Crippen molar-refractivity contribution in [3.63, 3.8) is 0 Å². The van der Waals surface area contributed by atoms with E-state index in [9.17, 15) is 4.79 Å². The first-order chi connectivity index (χ1) is 8.22. The predicted octanol–water partition coefficient (Wildman–Crippen LogP) is 2.69. The van der Waals surface area contributed by atoms with Gasteiger partial charge in [-0.1, -0.05) is 26.7 Å². The van der Waals surface area contributed by atoms with Crippen molar-refractivity contribution in [2.24, 2.45) is 11.8 Å². The van der Waals surface area contributed by atoms with Crippen molar-refractivity contribution in [2.45, 2.75) is 46.0 Å². The smallest absolute Gasteiger partial charge is 0.225 e. The minimum Gasteiger partial charge on any atom is -0.342 e. The number of unbranched alkanes of at least 4 members (excludes halogenated alkanes) is 1. The number of carbonyl (C=O) groups is 1. The highest BCUT2D eigenvalue weighted by atomic mass is 35.5. The van der Waals surface area contributed by atoms with Gasteiger partial charge in [-0.15, -0.1) is 12.4 Å². The van der Waals surface area contributed by atoms with E-state index in [0.717, 1.165) is 38.9 Å². The Morgan fingerprint density at radius 1 is 1.44 bits per heavy atom. The second kappa shape index (κ2) is 9.62. The zero-order chi connectivity index (χ0) is 12.7. The summed E-state index contributed by atoms with van der Waals surface area (Å²) in [7, 11) is 1.99. The van der Waals surface area contributed by atoms with Crippen molar-refractivity contribution in [3.8, 4) is 0 Å². The van der Waals surface area contributed by atoms with Crippen molar-refractivity contribution in [1.82, 2.24) is 10.2 Å². The molecule has 0 saturated carbocycles. The Kier molecular flexibility index (Phi) is 9.47. The lowest BCUT2D eigenvalue weighted by Crippen LogP contribution is -2.35. The fourth-order valence-corrected chi connectivity index (χ4v) is 2.70. The van der Waals surface area contributed by atoms with Crippen LogP contribution in [0.4, 0.5) is 0 Å². The van der Waals surface area contributed by atoms with E-state index >= 15 is 0 Å². The zero-order valence-electron chi connectivity index (χ0n) is 12.1. The predicted molar refractivity (Wildman–Crippen MR) is 79.2 cm³/mol. The van der Waals surface area contributed by atoms with Crippen LogP contribution in [-0.2, 0) is 4.79 Å². The molecular formula is C14H29ClN2O. The highest BCUT2D eigenvalue weighted by Crippen LogP contribution is 2.21. The number of rotatable bonds is 7. The molecule has 1 amide bonds. The van der Waals surface area contributed by atoms with Crippen molar-refractivity contribution in [2.75, 3.05) is 26.7 Å². The summed E-state index contributed by atoms with van der Waals surface area (Å²) in [6, 6.07) is 0. The van der Waals surface area contributed by atoms with Gasteiger partial charge in [0.2, 0.25) is 5.91 Å². The van der Waals surface area contributed by atoms with E-state index in [4.69, 9.17) is 0 Å². The fourth-order valence-electron chi connectivity index (χ4n) is 2.70. The highest BCUT2D eigenvalue weighted by Gasteiger charge is 2.29. The van der Waals surface area contributed by atoms with Gasteiger partial charge in [-0.05, 0) is 38.8 Å². The maximum atomic E-state index is 12.3. The van der Waals surface area contributed by atoms with E-state index in [0.29, 0.717) is 11.8 Å². The van der Waals surface area contributed by atoms with Gasteiger partial charge in [-0.3, -0.25) is 4.79 Å². The summed E-state index contributed by atoms with van der Waals surface area (Å²) in [6.07, 6.45) is 5.59. The molecule has 2 unspecified atom stereocenters. The second-order valence-corrected chi connectivity index (χ2v) is 5.24. The summed E-state index contributed by atoms with van der Waals surface area (Å²) >= 11 is 0. The monoisotopic (exact) mass is 276 g/mol. The molecule has 1 heterocycles. The largest absolute Gasteiger partial charge is 0.342 e. The normalized spacial score (nSPS) is 20.6. The molecule has 2 atom stereocenters. The molecule has 0 spiro atoms. The Hall–Kier alpha value is -0.280. The number of nitrogens with zero attached hydrogens (tertiary/aromatic N) is 1. The SMILES string of the molecule is CCCCC(CC)C(=O)N1CCC(CNC)C1.Cl. The number of nitrogens with one attached hydrogen (secondary N) is 1. The van der Waals surface area contributed by atoms with Crippen LogP contribution >= 0.6 is 12.4 Å². The summed E-state index contributed by atoms with van der Waals surface area (Å²) in [5.41, 5.74) is 0. The average molecular weight is 277 g/mol. The van der Waals surface area contributed by atoms with Crippen LogP contribution in [0.3, 0.4) is 0 Å². The van der Waals surface area contributed by atoms with E-state index in [1.54, 1.807) is 0 Å². The van der Waals surface area contributed by atoms with Gasteiger partial charge in [-0.2, -0.15) is 0 Å². The molecule has 1 N–H and O–H groups in total. The van der Waals surface area contributed by atoms with Gasteiger partial charge in [0.1, 0.15) is 0 Å². The summed E-state index contributed by atoms with van der Waals surface area (Å²) in [5, 5.41) is 3.21. The quantitative estimate of drug-likeness (QED) is 0.775. The summed E-state index contributed by atoms with van der Waals surface area (Å²) in [6.45, 7) is 7.29. The molecule has 0 radical (unpaired) electrons. The van der Waals surface area contributed by atoms with Crippen LogP contribution in [0.25, 0.3) is 0 Å². The Morgan fingerprint density at radius 2 is 2.17 bits per heavy atom. The minimum absolute atomic E-state index is 0. The molecule has 18 heavy (non-hydrogen) atoms. The third-order valence-corrected chi connectivity index (χ3v) is 3.84. The number of hydrogen-bond donors (Lipinski definition) is 1. The van der Waals surface area contributed by atoms with Crippen LogP contribution in [0.15, 0.2) is 0 Å². The van der Waals surface area contributed by atoms with Crippen LogP contribution in [0, 0.1) is 11.8 Å². The van der Waals surface area contributed by atoms with Gasteiger partial charge in [0.15, 0.2) is 0 Å². The summed E-state index contributed by atoms with van der Waals surface area (Å²) in [5.74, 6) is 1.33. The van der Waals surface area contributed by atoms with Crippen molar-refractivity contribution >= 4 is 18.3 Å². The van der Waals surface area contributed by atoms with Gasteiger partial charge in [0.25, 0.3) is 0 Å². The molecule has 0 aliphatic carbocycles. The van der Waals surface area contributed by atoms with Crippen LogP contribution < -0.4 is 5.32 Å². The molecule has 1 aliphatic rings. The van der Waals surface area contributed by atoms with E-state index in [1.165, 1.54) is 12.8 Å². The molecule has 1 fully saturated rings. The Morgan fingerprint density at radius 3 is 2.72 bits per heavy atom. The van der Waals surface area contributed by atoms with E-state index in [-0.39, 0.29) is 18.3 Å².